The van der Waals surface area contributed by atoms with E-state index in [0.717, 1.165) is 53.0 Å². The molecule has 34 heavy (non-hydrogen) atoms. The van der Waals surface area contributed by atoms with E-state index in [9.17, 15) is 5.11 Å². The van der Waals surface area contributed by atoms with Crippen LogP contribution in [0.15, 0.2) is 65.1 Å². The van der Waals surface area contributed by atoms with Crippen molar-refractivity contribution in [2.45, 2.75) is 38.8 Å². The van der Waals surface area contributed by atoms with E-state index in [0.29, 0.717) is 6.61 Å². The summed E-state index contributed by atoms with van der Waals surface area (Å²) in [6.07, 6.45) is 1.89. The van der Waals surface area contributed by atoms with Crippen LogP contribution >= 0.6 is 15.9 Å². The number of halogens is 1. The van der Waals surface area contributed by atoms with E-state index < -0.39 is 0 Å². The summed E-state index contributed by atoms with van der Waals surface area (Å²) in [4.78, 5) is 2.54. The van der Waals surface area contributed by atoms with Gasteiger partial charge in [0.15, 0.2) is 11.5 Å². The van der Waals surface area contributed by atoms with Crippen molar-refractivity contribution in [3.8, 4) is 11.5 Å². The van der Waals surface area contributed by atoms with Crippen molar-refractivity contribution >= 4 is 26.8 Å². The molecule has 1 N–H and O–H groups in total. The van der Waals surface area contributed by atoms with Gasteiger partial charge in [0.2, 0.25) is 0 Å². The van der Waals surface area contributed by atoms with Gasteiger partial charge < -0.3 is 19.1 Å². The molecule has 0 fully saturated rings. The van der Waals surface area contributed by atoms with Gasteiger partial charge in [-0.25, -0.2) is 0 Å². The first-order chi connectivity index (χ1) is 16.7. The quantitative estimate of drug-likeness (QED) is 0.373. The summed E-state index contributed by atoms with van der Waals surface area (Å²) in [6.45, 7) is 2.33. The van der Waals surface area contributed by atoms with Crippen LogP contribution in [-0.4, -0.2) is 28.2 Å². The number of benzene rings is 3. The fourth-order valence-corrected chi connectivity index (χ4v) is 5.95. The highest BCUT2D eigenvalue weighted by Gasteiger charge is 2.36. The summed E-state index contributed by atoms with van der Waals surface area (Å²) in [5.41, 5.74) is 7.45. The summed E-state index contributed by atoms with van der Waals surface area (Å²) in [5, 5.41) is 11.4. The number of hydrogen-bond donors (Lipinski definition) is 1. The van der Waals surface area contributed by atoms with Gasteiger partial charge in [0, 0.05) is 34.7 Å². The topological polar surface area (TPSA) is 46.9 Å². The number of aliphatic hydroxyl groups is 1. The molecule has 0 saturated heterocycles. The Morgan fingerprint density at radius 3 is 2.71 bits per heavy atom. The van der Waals surface area contributed by atoms with Gasteiger partial charge in [-0.05, 0) is 59.4 Å². The molecule has 0 amide bonds. The van der Waals surface area contributed by atoms with Gasteiger partial charge in [0.05, 0.1) is 12.6 Å². The molecule has 4 aromatic rings. The Bertz CT molecular complexity index is 1370. The van der Waals surface area contributed by atoms with Crippen LogP contribution in [0.1, 0.15) is 34.0 Å². The normalized spacial score (nSPS) is 17.2. The number of aromatic nitrogens is 1. The van der Waals surface area contributed by atoms with Crippen molar-refractivity contribution in [1.82, 2.24) is 9.47 Å². The second kappa shape index (κ2) is 8.77. The third-order valence-electron chi connectivity index (χ3n) is 7.27. The second-order valence-corrected chi connectivity index (χ2v) is 9.99. The Labute approximate surface area is 207 Å². The molecular weight excluding hydrogens is 492 g/mol. The van der Waals surface area contributed by atoms with E-state index in [2.05, 4.69) is 67.9 Å². The lowest BCUT2D eigenvalue weighted by molar-refractivity contribution is 0.145. The maximum atomic E-state index is 10.2. The van der Waals surface area contributed by atoms with Crippen molar-refractivity contribution in [2.24, 2.45) is 0 Å². The van der Waals surface area contributed by atoms with Crippen molar-refractivity contribution in [1.29, 1.82) is 0 Å². The van der Waals surface area contributed by atoms with Crippen molar-refractivity contribution < 1.29 is 14.6 Å². The number of fused-ring (bicyclic) bond motifs is 6. The fraction of sp³-hybridized carbons (Fsp3) is 0.286. The molecule has 0 saturated carbocycles. The maximum absolute atomic E-state index is 10.2. The molecule has 5 nitrogen and oxygen atoms in total. The van der Waals surface area contributed by atoms with Crippen LogP contribution < -0.4 is 9.47 Å². The molecule has 0 radical (unpaired) electrons. The predicted octanol–water partition coefficient (Wildman–Crippen LogP) is 5.60. The molecule has 2 aliphatic rings. The molecule has 3 heterocycles. The average molecular weight is 519 g/mol. The number of hydrogen-bond acceptors (Lipinski definition) is 4. The molecule has 1 unspecified atom stereocenters. The van der Waals surface area contributed by atoms with Crippen LogP contribution in [0.5, 0.6) is 11.5 Å². The summed E-state index contributed by atoms with van der Waals surface area (Å²) in [6, 6.07) is 21.2. The summed E-state index contributed by atoms with van der Waals surface area (Å²) < 4.78 is 15.0. The molecule has 0 bridgehead atoms. The lowest BCUT2D eigenvalue weighted by atomic mass is 9.85. The molecule has 6 heteroatoms. The molecule has 3 aromatic carbocycles. The predicted molar refractivity (Wildman–Crippen MR) is 136 cm³/mol. The Kier molecular flexibility index (Phi) is 5.60. The molecule has 174 valence electrons. The van der Waals surface area contributed by atoms with Gasteiger partial charge in [-0.2, -0.15) is 0 Å². The Morgan fingerprint density at radius 1 is 1.06 bits per heavy atom. The van der Waals surface area contributed by atoms with E-state index in [1.807, 2.05) is 18.2 Å². The first kappa shape index (κ1) is 21.7. The fourth-order valence-electron chi connectivity index (χ4n) is 5.60. The zero-order valence-corrected chi connectivity index (χ0v) is 20.7. The third-order valence-corrected chi connectivity index (χ3v) is 7.77. The molecule has 6 rings (SSSR count). The lowest BCUT2D eigenvalue weighted by Gasteiger charge is -2.41. The van der Waals surface area contributed by atoms with E-state index >= 15 is 0 Å². The van der Waals surface area contributed by atoms with Crippen LogP contribution in [0.2, 0.25) is 0 Å². The Balaban J connectivity index is 1.36. The van der Waals surface area contributed by atoms with Crippen molar-refractivity contribution in [2.75, 3.05) is 13.7 Å². The summed E-state index contributed by atoms with van der Waals surface area (Å²) in [5.74, 6) is 1.58. The van der Waals surface area contributed by atoms with Crippen LogP contribution in [-0.2, 0) is 32.7 Å². The Hall–Kier alpha value is -2.80. The molecule has 0 aliphatic carbocycles. The van der Waals surface area contributed by atoms with Crippen LogP contribution in [0.25, 0.3) is 10.9 Å². The zero-order valence-electron chi connectivity index (χ0n) is 19.1. The third kappa shape index (κ3) is 3.61. The number of nitrogens with zero attached hydrogens (tertiary/aromatic N) is 2. The minimum atomic E-state index is -0.00663. The van der Waals surface area contributed by atoms with E-state index in [1.54, 1.807) is 7.11 Å². The van der Waals surface area contributed by atoms with Crippen LogP contribution in [0.3, 0.4) is 0 Å². The second-order valence-electron chi connectivity index (χ2n) is 9.07. The van der Waals surface area contributed by atoms with Gasteiger partial charge in [-0.3, -0.25) is 4.90 Å². The highest BCUT2D eigenvalue weighted by atomic mass is 79.9. The monoisotopic (exact) mass is 518 g/mol. The Morgan fingerprint density at radius 2 is 1.91 bits per heavy atom. The first-order valence-corrected chi connectivity index (χ1v) is 12.5. The van der Waals surface area contributed by atoms with Gasteiger partial charge in [-0.1, -0.05) is 52.3 Å². The van der Waals surface area contributed by atoms with E-state index in [1.165, 1.54) is 27.8 Å². The molecule has 1 aromatic heterocycles. The average Bonchev–Trinajstić information content (AvgIpc) is 3.17. The minimum absolute atomic E-state index is 0.00663. The van der Waals surface area contributed by atoms with Crippen molar-refractivity contribution in [3.05, 3.63) is 93.1 Å². The lowest BCUT2D eigenvalue weighted by Crippen LogP contribution is -2.39. The van der Waals surface area contributed by atoms with E-state index in [-0.39, 0.29) is 12.8 Å². The maximum Gasteiger partial charge on any atom is 0.161 e. The summed E-state index contributed by atoms with van der Waals surface area (Å²) in [7, 11) is 1.71. The van der Waals surface area contributed by atoms with Crippen LogP contribution in [0.4, 0.5) is 0 Å². The van der Waals surface area contributed by atoms with Gasteiger partial charge >= 0.3 is 0 Å². The zero-order chi connectivity index (χ0) is 23.2. The van der Waals surface area contributed by atoms with Gasteiger partial charge in [0.1, 0.15) is 13.3 Å². The highest BCUT2D eigenvalue weighted by Crippen LogP contribution is 2.45. The highest BCUT2D eigenvalue weighted by molar-refractivity contribution is 9.10. The van der Waals surface area contributed by atoms with Crippen molar-refractivity contribution in [3.63, 3.8) is 0 Å². The largest absolute Gasteiger partial charge is 0.493 e. The molecule has 0 spiro atoms. The molecule has 1 atom stereocenters. The number of rotatable bonds is 5. The smallest absolute Gasteiger partial charge is 0.161 e. The first-order valence-electron chi connectivity index (χ1n) is 11.7. The van der Waals surface area contributed by atoms with Gasteiger partial charge in [-0.15, -0.1) is 0 Å². The van der Waals surface area contributed by atoms with Crippen LogP contribution in [0, 0.1) is 0 Å². The molecular formula is C28H27BrN2O3. The van der Waals surface area contributed by atoms with Gasteiger partial charge in [0.25, 0.3) is 0 Å². The standard InChI is InChI=1S/C28H27BrN2O3/c1-33-27-14-22-19(11-28(27)34-16-18-5-3-2-4-6-18)9-10-30-15-26-23(13-24(22)30)21-8-7-20(29)12-25(21)31(26)17-32/h2-8,11-12,14,24,32H,9-10,13,15-17H2,1H3. The molecule has 2 aliphatic heterocycles. The number of ether oxygens (including phenoxy) is 2. The number of aliphatic hydroxyl groups excluding tert-OH is 1. The minimum Gasteiger partial charge on any atom is -0.493 e. The SMILES string of the molecule is COc1cc2c(cc1OCc1ccccc1)CCN1Cc3c(c4ccc(Br)cc4n3CO)CC21. The number of methoxy groups -OCH3 is 1. The van der Waals surface area contributed by atoms with E-state index in [4.69, 9.17) is 9.47 Å². The summed E-state index contributed by atoms with van der Waals surface area (Å²) >= 11 is 3.59.